The lowest BCUT2D eigenvalue weighted by molar-refractivity contribution is -0.121. The second-order valence-electron chi connectivity index (χ2n) is 10.4. The zero-order chi connectivity index (χ0) is 30.2. The Hall–Kier alpha value is -3.70. The van der Waals surface area contributed by atoms with E-state index >= 15 is 0 Å². The molecule has 0 bridgehead atoms. The molecule has 0 saturated carbocycles. The van der Waals surface area contributed by atoms with Crippen LogP contribution in [-0.2, 0) is 16.1 Å². The Morgan fingerprint density at radius 1 is 1.00 bits per heavy atom. The van der Waals surface area contributed by atoms with Gasteiger partial charge in [0.15, 0.2) is 15.3 Å². The molecule has 5 aromatic rings. The van der Waals surface area contributed by atoms with E-state index < -0.39 is 22.8 Å². The monoisotopic (exact) mass is 648 g/mol. The predicted molar refractivity (Wildman–Crippen MR) is 170 cm³/mol. The zero-order valence-electron chi connectivity index (χ0n) is 23.1. The number of aryl methyl sites for hydroxylation is 2. The van der Waals surface area contributed by atoms with Gasteiger partial charge in [-0.3, -0.25) is 19.3 Å². The highest BCUT2D eigenvalue weighted by Crippen LogP contribution is 2.54. The number of carbonyl (C=O) groups excluding carboxylic acids is 2. The molecule has 7 rings (SSSR count). The third kappa shape index (κ3) is 4.00. The van der Waals surface area contributed by atoms with Gasteiger partial charge in [-0.1, -0.05) is 70.6 Å². The fourth-order valence-electron chi connectivity index (χ4n) is 5.86. The molecular weight excluding hydrogens is 627 g/mol. The molecule has 1 spiro atoms. The number of hydrogen-bond acceptors (Lipinski definition) is 8. The SMILES string of the molecule is CCN1C(=O)C2(c3ccccc31)c1c(oc3cc(C)c(C)cc3c1=O)C(=O)N2c1nnc(SCc2ccc(Cl)cc2Cl)s1. The first-order valence-corrected chi connectivity index (χ1v) is 16.0. The van der Waals surface area contributed by atoms with E-state index in [4.69, 9.17) is 27.6 Å². The summed E-state index contributed by atoms with van der Waals surface area (Å²) in [6, 6.07) is 16.0. The summed E-state index contributed by atoms with van der Waals surface area (Å²) in [5.41, 5.74) is 1.88. The number of thioether (sulfide) groups is 1. The van der Waals surface area contributed by atoms with Crippen LogP contribution in [0.1, 0.15) is 45.3 Å². The highest BCUT2D eigenvalue weighted by Gasteiger charge is 2.66. The summed E-state index contributed by atoms with van der Waals surface area (Å²) in [5.74, 6) is -0.725. The van der Waals surface area contributed by atoms with Crippen LogP contribution in [0.4, 0.5) is 10.8 Å². The van der Waals surface area contributed by atoms with Crippen LogP contribution in [0.5, 0.6) is 0 Å². The van der Waals surface area contributed by atoms with Gasteiger partial charge < -0.3 is 9.32 Å². The Balaban J connectivity index is 1.43. The minimum Gasteiger partial charge on any atom is -0.450 e. The van der Waals surface area contributed by atoms with E-state index in [0.717, 1.165) is 28.0 Å². The van der Waals surface area contributed by atoms with Gasteiger partial charge in [-0.25, -0.2) is 0 Å². The fraction of sp³-hybridized carbons (Fsp3) is 0.194. The van der Waals surface area contributed by atoms with Gasteiger partial charge in [0, 0.05) is 27.9 Å². The van der Waals surface area contributed by atoms with Crippen molar-refractivity contribution in [3.8, 4) is 0 Å². The first-order chi connectivity index (χ1) is 20.7. The summed E-state index contributed by atoms with van der Waals surface area (Å²) < 4.78 is 6.76. The van der Waals surface area contributed by atoms with Crippen molar-refractivity contribution in [1.29, 1.82) is 0 Å². The third-order valence-corrected chi connectivity index (χ3v) is 10.7. The van der Waals surface area contributed by atoms with Crippen LogP contribution < -0.4 is 15.2 Å². The van der Waals surface area contributed by atoms with Crippen molar-refractivity contribution in [1.82, 2.24) is 10.2 Å². The van der Waals surface area contributed by atoms with Crippen molar-refractivity contribution < 1.29 is 14.0 Å². The summed E-state index contributed by atoms with van der Waals surface area (Å²) in [6.07, 6.45) is 0. The second kappa shape index (κ2) is 10.2. The van der Waals surface area contributed by atoms with Gasteiger partial charge in [0.2, 0.25) is 10.9 Å². The molecule has 2 aromatic heterocycles. The number of carbonyl (C=O) groups is 2. The van der Waals surface area contributed by atoms with Crippen LogP contribution in [0.2, 0.25) is 10.0 Å². The number of halogens is 2. The predicted octanol–water partition coefficient (Wildman–Crippen LogP) is 7.13. The van der Waals surface area contributed by atoms with E-state index in [-0.39, 0.29) is 22.0 Å². The number of amides is 2. The summed E-state index contributed by atoms with van der Waals surface area (Å²) in [7, 11) is 0. The maximum absolute atomic E-state index is 14.6. The fourth-order valence-corrected chi connectivity index (χ4v) is 8.31. The minimum absolute atomic E-state index is 0.000924. The molecule has 2 aliphatic rings. The molecular formula is C31H22Cl2N4O4S2. The molecule has 0 N–H and O–H groups in total. The Bertz CT molecular complexity index is 2080. The average Bonchev–Trinajstić information content (AvgIpc) is 3.62. The molecule has 1 unspecified atom stereocenters. The highest BCUT2D eigenvalue weighted by atomic mass is 35.5. The highest BCUT2D eigenvalue weighted by molar-refractivity contribution is 8.00. The van der Waals surface area contributed by atoms with Gasteiger partial charge in [-0.15, -0.1) is 10.2 Å². The first kappa shape index (κ1) is 28.1. The normalized spacial score (nSPS) is 17.4. The molecule has 3 aromatic carbocycles. The summed E-state index contributed by atoms with van der Waals surface area (Å²) >= 11 is 14.9. The Labute approximate surface area is 264 Å². The molecule has 43 heavy (non-hydrogen) atoms. The molecule has 0 fully saturated rings. The Morgan fingerprint density at radius 3 is 2.53 bits per heavy atom. The summed E-state index contributed by atoms with van der Waals surface area (Å²) in [6.45, 7) is 6.00. The van der Waals surface area contributed by atoms with Crippen LogP contribution in [-0.4, -0.2) is 28.6 Å². The van der Waals surface area contributed by atoms with E-state index in [1.807, 2.05) is 39.0 Å². The lowest BCUT2D eigenvalue weighted by Crippen LogP contribution is -2.53. The Kier molecular flexibility index (Phi) is 6.66. The lowest BCUT2D eigenvalue weighted by Gasteiger charge is -2.31. The Morgan fingerprint density at radius 2 is 1.77 bits per heavy atom. The zero-order valence-corrected chi connectivity index (χ0v) is 26.2. The topological polar surface area (TPSA) is 96.6 Å². The number of likely N-dealkylation sites (N-methyl/N-ethyl adjacent to an activating group) is 1. The van der Waals surface area contributed by atoms with Crippen molar-refractivity contribution in [3.63, 3.8) is 0 Å². The number of fused-ring (bicyclic) bond motifs is 5. The van der Waals surface area contributed by atoms with Crippen LogP contribution in [0.25, 0.3) is 11.0 Å². The number of nitrogens with zero attached hydrogens (tertiary/aromatic N) is 4. The van der Waals surface area contributed by atoms with Gasteiger partial charge in [-0.05, 0) is 67.8 Å². The molecule has 0 aliphatic carbocycles. The van der Waals surface area contributed by atoms with Crippen molar-refractivity contribution in [2.75, 3.05) is 16.3 Å². The molecule has 4 heterocycles. The van der Waals surface area contributed by atoms with Gasteiger partial charge in [-0.2, -0.15) is 0 Å². The number of para-hydroxylation sites is 1. The largest absolute Gasteiger partial charge is 0.450 e. The third-order valence-electron chi connectivity index (χ3n) is 8.01. The van der Waals surface area contributed by atoms with Crippen molar-refractivity contribution in [2.24, 2.45) is 0 Å². The van der Waals surface area contributed by atoms with E-state index in [1.165, 1.54) is 16.7 Å². The van der Waals surface area contributed by atoms with Gasteiger partial charge in [0.1, 0.15) is 5.58 Å². The molecule has 1 atom stereocenters. The molecule has 2 amide bonds. The van der Waals surface area contributed by atoms with Crippen molar-refractivity contribution in [2.45, 2.75) is 36.4 Å². The average molecular weight is 650 g/mol. The van der Waals surface area contributed by atoms with E-state index in [0.29, 0.717) is 43.3 Å². The molecule has 8 nitrogen and oxygen atoms in total. The van der Waals surface area contributed by atoms with E-state index in [9.17, 15) is 14.4 Å². The quantitative estimate of drug-likeness (QED) is 0.148. The number of benzene rings is 3. The van der Waals surface area contributed by atoms with Crippen molar-refractivity contribution in [3.05, 3.63) is 108 Å². The molecule has 0 radical (unpaired) electrons. The van der Waals surface area contributed by atoms with Crippen LogP contribution in [0.3, 0.4) is 0 Å². The molecule has 0 saturated heterocycles. The van der Waals surface area contributed by atoms with Crippen LogP contribution in [0.15, 0.2) is 68.1 Å². The maximum atomic E-state index is 14.6. The number of aromatic nitrogens is 2. The standard InChI is InChI=1S/C31H22Cl2N4O4S2/c1-4-36-22-8-6-5-7-20(22)31(28(36)40)24-25(38)19-11-15(2)16(3)12-23(19)41-26(24)27(39)37(31)29-34-35-30(43-29)42-14-17-9-10-18(32)13-21(17)33/h5-13H,4,14H2,1-3H3. The van der Waals surface area contributed by atoms with Gasteiger partial charge >= 0.3 is 0 Å². The minimum atomic E-state index is -1.80. The molecule has 216 valence electrons. The molecule has 2 aliphatic heterocycles. The van der Waals surface area contributed by atoms with Gasteiger partial charge in [0.25, 0.3) is 11.8 Å². The number of rotatable bonds is 5. The summed E-state index contributed by atoms with van der Waals surface area (Å²) in [5, 5.41) is 10.3. The van der Waals surface area contributed by atoms with E-state index in [2.05, 4.69) is 10.2 Å². The van der Waals surface area contributed by atoms with Crippen molar-refractivity contribution >= 4 is 79.9 Å². The molecule has 12 heteroatoms. The number of anilines is 2. The van der Waals surface area contributed by atoms with Gasteiger partial charge in [0.05, 0.1) is 16.6 Å². The maximum Gasteiger partial charge on any atom is 0.297 e. The smallest absolute Gasteiger partial charge is 0.297 e. The number of hydrogen-bond donors (Lipinski definition) is 0. The summed E-state index contributed by atoms with van der Waals surface area (Å²) in [4.78, 5) is 46.2. The second-order valence-corrected chi connectivity index (χ2v) is 13.4. The lowest BCUT2D eigenvalue weighted by atomic mass is 9.84. The first-order valence-electron chi connectivity index (χ1n) is 13.4. The van der Waals surface area contributed by atoms with Crippen LogP contribution >= 0.6 is 46.3 Å². The van der Waals surface area contributed by atoms with Crippen LogP contribution in [0, 0.1) is 13.8 Å². The van der Waals surface area contributed by atoms with E-state index in [1.54, 1.807) is 41.3 Å².